The second-order valence-electron chi connectivity index (χ2n) is 10.7. The fourth-order valence-electron chi connectivity index (χ4n) is 4.60. The van der Waals surface area contributed by atoms with E-state index in [4.69, 9.17) is 0 Å². The molecule has 8 heteroatoms. The van der Waals surface area contributed by atoms with Crippen molar-refractivity contribution in [3.63, 3.8) is 0 Å². The van der Waals surface area contributed by atoms with E-state index in [-0.39, 0.29) is 28.6 Å². The first-order valence-electron chi connectivity index (χ1n) is 12.9. The Kier molecular flexibility index (Phi) is 7.21. The van der Waals surface area contributed by atoms with E-state index in [9.17, 15) is 17.6 Å². The minimum Gasteiger partial charge on any atom is -0.350 e. The van der Waals surface area contributed by atoms with Crippen LogP contribution in [0.15, 0.2) is 102 Å². The lowest BCUT2D eigenvalue weighted by molar-refractivity contribution is 0.0947. The Balaban J connectivity index is 1.49. The van der Waals surface area contributed by atoms with E-state index in [0.717, 1.165) is 11.1 Å². The zero-order valence-corrected chi connectivity index (χ0v) is 23.3. The molecule has 0 bridgehead atoms. The number of amides is 1. The number of aromatic amines is 1. The first-order chi connectivity index (χ1) is 19.0. The standard InChI is InChI=1S/C32H30FN3O3S/c1-32(2,3)23-12-15-26(16-13-23)40(38,39)36-25-14-17-28-27(19-25)29(22-9-5-4-6-10-22)30(35-28)31(37)34-20-21-8-7-11-24(33)18-21/h4-19,35-36H,20H2,1-3H3,(H,34,37). The van der Waals surface area contributed by atoms with Gasteiger partial charge in [0.25, 0.3) is 15.9 Å². The third-order valence-electron chi connectivity index (χ3n) is 6.71. The minimum atomic E-state index is -3.84. The van der Waals surface area contributed by atoms with E-state index >= 15 is 0 Å². The molecule has 0 saturated heterocycles. The van der Waals surface area contributed by atoms with Gasteiger partial charge in [-0.05, 0) is 64.6 Å². The smallest absolute Gasteiger partial charge is 0.268 e. The summed E-state index contributed by atoms with van der Waals surface area (Å²) in [5, 5.41) is 3.54. The fraction of sp³-hybridized carbons (Fsp3) is 0.156. The first kappa shape index (κ1) is 27.1. The third-order valence-corrected chi connectivity index (χ3v) is 8.11. The molecule has 0 radical (unpaired) electrons. The zero-order chi connectivity index (χ0) is 28.5. The predicted octanol–water partition coefficient (Wildman–Crippen LogP) is 7.00. The Morgan fingerprint density at radius 2 is 1.60 bits per heavy atom. The molecule has 1 amide bonds. The Labute approximate surface area is 233 Å². The second kappa shape index (κ2) is 10.6. The molecule has 0 unspecified atom stereocenters. The van der Waals surface area contributed by atoms with Gasteiger partial charge in [-0.1, -0.05) is 75.4 Å². The van der Waals surface area contributed by atoms with Gasteiger partial charge in [-0.2, -0.15) is 0 Å². The maximum absolute atomic E-state index is 13.6. The van der Waals surface area contributed by atoms with Crippen molar-refractivity contribution >= 4 is 32.5 Å². The van der Waals surface area contributed by atoms with Gasteiger partial charge in [0.15, 0.2) is 0 Å². The van der Waals surface area contributed by atoms with Gasteiger partial charge in [-0.15, -0.1) is 0 Å². The largest absolute Gasteiger partial charge is 0.350 e. The summed E-state index contributed by atoms with van der Waals surface area (Å²) in [6.45, 7) is 6.36. The molecular weight excluding hydrogens is 525 g/mol. The highest BCUT2D eigenvalue weighted by atomic mass is 32.2. The van der Waals surface area contributed by atoms with Crippen LogP contribution in [0.25, 0.3) is 22.0 Å². The monoisotopic (exact) mass is 555 g/mol. The maximum Gasteiger partial charge on any atom is 0.268 e. The van der Waals surface area contributed by atoms with Crippen molar-refractivity contribution in [2.75, 3.05) is 4.72 Å². The summed E-state index contributed by atoms with van der Waals surface area (Å²) in [5.74, 6) is -0.733. The van der Waals surface area contributed by atoms with E-state index in [2.05, 4.69) is 35.8 Å². The van der Waals surface area contributed by atoms with Crippen molar-refractivity contribution < 1.29 is 17.6 Å². The van der Waals surface area contributed by atoms with Gasteiger partial charge in [0.05, 0.1) is 4.90 Å². The van der Waals surface area contributed by atoms with Gasteiger partial charge in [0, 0.05) is 28.7 Å². The van der Waals surface area contributed by atoms with Crippen LogP contribution >= 0.6 is 0 Å². The average molecular weight is 556 g/mol. The maximum atomic E-state index is 13.6. The third kappa shape index (κ3) is 5.77. The van der Waals surface area contributed by atoms with Crippen molar-refractivity contribution in [3.05, 3.63) is 120 Å². The molecule has 5 rings (SSSR count). The molecule has 0 spiro atoms. The topological polar surface area (TPSA) is 91.1 Å². The Bertz CT molecular complexity index is 1790. The highest BCUT2D eigenvalue weighted by Crippen LogP contribution is 2.35. The molecule has 204 valence electrons. The van der Waals surface area contributed by atoms with E-state index in [1.165, 1.54) is 12.1 Å². The number of sulfonamides is 1. The van der Waals surface area contributed by atoms with E-state index < -0.39 is 10.0 Å². The number of halogens is 1. The molecule has 3 N–H and O–H groups in total. The summed E-state index contributed by atoms with van der Waals surface area (Å²) < 4.78 is 42.7. The molecular formula is C32H30FN3O3S. The summed E-state index contributed by atoms with van der Waals surface area (Å²) in [7, 11) is -3.84. The number of carbonyl (C=O) groups is 1. The quantitative estimate of drug-likeness (QED) is 0.202. The zero-order valence-electron chi connectivity index (χ0n) is 22.5. The van der Waals surface area contributed by atoms with Gasteiger partial charge in [-0.3, -0.25) is 9.52 Å². The average Bonchev–Trinajstić information content (AvgIpc) is 3.30. The Morgan fingerprint density at radius 1 is 0.875 bits per heavy atom. The van der Waals surface area contributed by atoms with Crippen LogP contribution in [0.5, 0.6) is 0 Å². The lowest BCUT2D eigenvalue weighted by Gasteiger charge is -2.19. The highest BCUT2D eigenvalue weighted by molar-refractivity contribution is 7.92. The van der Waals surface area contributed by atoms with Crippen LogP contribution in [-0.2, 0) is 22.0 Å². The molecule has 0 aliphatic rings. The Hall–Kier alpha value is -4.43. The molecule has 4 aromatic carbocycles. The summed E-state index contributed by atoms with van der Waals surface area (Å²) >= 11 is 0. The number of benzene rings is 4. The number of hydrogen-bond donors (Lipinski definition) is 3. The van der Waals surface area contributed by atoms with Gasteiger partial charge >= 0.3 is 0 Å². The number of carbonyl (C=O) groups excluding carboxylic acids is 1. The normalized spacial score (nSPS) is 11.9. The predicted molar refractivity (Wildman–Crippen MR) is 157 cm³/mol. The van der Waals surface area contributed by atoms with Crippen LogP contribution in [0.3, 0.4) is 0 Å². The molecule has 0 aliphatic heterocycles. The molecule has 40 heavy (non-hydrogen) atoms. The summed E-state index contributed by atoms with van der Waals surface area (Å²) in [4.78, 5) is 16.7. The molecule has 1 heterocycles. The van der Waals surface area contributed by atoms with Crippen LogP contribution in [0.1, 0.15) is 42.4 Å². The van der Waals surface area contributed by atoms with Gasteiger partial charge < -0.3 is 10.3 Å². The van der Waals surface area contributed by atoms with Crippen molar-refractivity contribution in [1.29, 1.82) is 0 Å². The number of anilines is 1. The fourth-order valence-corrected chi connectivity index (χ4v) is 5.65. The molecule has 0 atom stereocenters. The number of hydrogen-bond acceptors (Lipinski definition) is 3. The SMILES string of the molecule is CC(C)(C)c1ccc(S(=O)(=O)Nc2ccc3[nH]c(C(=O)NCc4cccc(F)c4)c(-c4ccccc4)c3c2)cc1. The summed E-state index contributed by atoms with van der Waals surface area (Å²) in [6, 6.07) is 27.4. The first-order valence-corrected chi connectivity index (χ1v) is 14.4. The number of fused-ring (bicyclic) bond motifs is 1. The van der Waals surface area contributed by atoms with Crippen molar-refractivity contribution in [3.8, 4) is 11.1 Å². The molecule has 0 saturated carbocycles. The van der Waals surface area contributed by atoms with Gasteiger partial charge in [0.1, 0.15) is 11.5 Å². The number of aromatic nitrogens is 1. The van der Waals surface area contributed by atoms with Crippen molar-refractivity contribution in [2.24, 2.45) is 0 Å². The minimum absolute atomic E-state index is 0.0931. The van der Waals surface area contributed by atoms with Gasteiger partial charge in [0.2, 0.25) is 0 Å². The molecule has 0 aliphatic carbocycles. The van der Waals surface area contributed by atoms with Crippen LogP contribution in [0.2, 0.25) is 0 Å². The number of rotatable bonds is 7. The number of nitrogens with one attached hydrogen (secondary N) is 3. The lowest BCUT2D eigenvalue weighted by atomic mass is 9.87. The van der Waals surface area contributed by atoms with E-state index in [0.29, 0.717) is 33.4 Å². The van der Waals surface area contributed by atoms with Crippen molar-refractivity contribution in [2.45, 2.75) is 37.6 Å². The van der Waals surface area contributed by atoms with Crippen molar-refractivity contribution in [1.82, 2.24) is 10.3 Å². The molecule has 5 aromatic rings. The molecule has 0 fully saturated rings. The summed E-state index contributed by atoms with van der Waals surface area (Å²) in [6.07, 6.45) is 0. The second-order valence-corrected chi connectivity index (χ2v) is 12.4. The molecule has 6 nitrogen and oxygen atoms in total. The van der Waals surface area contributed by atoms with Crippen LogP contribution in [0.4, 0.5) is 10.1 Å². The van der Waals surface area contributed by atoms with E-state index in [1.807, 2.05) is 42.5 Å². The van der Waals surface area contributed by atoms with Gasteiger partial charge in [-0.25, -0.2) is 12.8 Å². The summed E-state index contributed by atoms with van der Waals surface area (Å²) in [5.41, 5.74) is 4.39. The lowest BCUT2D eigenvalue weighted by Crippen LogP contribution is -2.23. The Morgan fingerprint density at radius 3 is 2.27 bits per heavy atom. The molecule has 1 aromatic heterocycles. The van der Waals surface area contributed by atoms with E-state index in [1.54, 1.807) is 42.5 Å². The number of H-pyrrole nitrogens is 1. The van der Waals surface area contributed by atoms with Crippen LogP contribution in [0, 0.1) is 5.82 Å². The highest BCUT2D eigenvalue weighted by Gasteiger charge is 2.22. The van der Waals surface area contributed by atoms with Crippen LogP contribution < -0.4 is 10.0 Å². The van der Waals surface area contributed by atoms with Crippen LogP contribution in [-0.4, -0.2) is 19.3 Å².